The number of piperazine rings is 1. The van der Waals surface area contributed by atoms with E-state index in [2.05, 4.69) is 50.6 Å². The second-order valence-corrected chi connectivity index (χ2v) is 11.5. The fraction of sp³-hybridized carbons (Fsp3) is 0.419. The smallest absolute Gasteiger partial charge is 0.145 e. The molecule has 0 radical (unpaired) electrons. The Morgan fingerprint density at radius 3 is 2.54 bits per heavy atom. The first-order valence-corrected chi connectivity index (χ1v) is 14.5. The maximum Gasteiger partial charge on any atom is 0.145 e. The van der Waals surface area contributed by atoms with Gasteiger partial charge in [0.25, 0.3) is 0 Å². The lowest BCUT2D eigenvalue weighted by Crippen LogP contribution is -2.44. The van der Waals surface area contributed by atoms with Gasteiger partial charge in [0.2, 0.25) is 0 Å². The Kier molecular flexibility index (Phi) is 6.76. The minimum atomic E-state index is -0.250. The van der Waals surface area contributed by atoms with Crippen LogP contribution in [0.15, 0.2) is 54.4 Å². The van der Waals surface area contributed by atoms with E-state index in [4.69, 9.17) is 14.7 Å². The van der Waals surface area contributed by atoms with Crippen molar-refractivity contribution in [1.82, 2.24) is 35.4 Å². The van der Waals surface area contributed by atoms with E-state index in [-0.39, 0.29) is 17.8 Å². The maximum absolute atomic E-state index is 15.7. The number of pyridine rings is 2. The van der Waals surface area contributed by atoms with Crippen LogP contribution in [0, 0.1) is 11.7 Å². The molecule has 0 saturated carbocycles. The molecule has 3 aliphatic heterocycles. The van der Waals surface area contributed by atoms with Crippen molar-refractivity contribution >= 4 is 33.6 Å². The van der Waals surface area contributed by atoms with Crippen molar-refractivity contribution in [2.45, 2.75) is 25.8 Å². The van der Waals surface area contributed by atoms with Crippen molar-refractivity contribution in [2.75, 3.05) is 58.4 Å². The highest BCUT2D eigenvalue weighted by Crippen LogP contribution is 2.41. The third-order valence-electron chi connectivity index (χ3n) is 8.89. The number of halogens is 1. The Hall–Kier alpha value is -3.73. The van der Waals surface area contributed by atoms with Crippen molar-refractivity contribution in [3.05, 3.63) is 71.3 Å². The van der Waals surface area contributed by atoms with Gasteiger partial charge in [0.05, 0.1) is 28.5 Å². The van der Waals surface area contributed by atoms with Crippen LogP contribution in [0.25, 0.3) is 27.8 Å². The average molecular weight is 557 g/mol. The number of rotatable bonds is 5. The topological polar surface area (TPSA) is 73.7 Å². The lowest BCUT2D eigenvalue weighted by atomic mass is 9.86. The summed E-state index contributed by atoms with van der Waals surface area (Å²) in [7, 11) is 4.14. The van der Waals surface area contributed by atoms with Gasteiger partial charge in [0, 0.05) is 69.2 Å². The van der Waals surface area contributed by atoms with Crippen molar-refractivity contribution in [3.63, 3.8) is 0 Å². The van der Waals surface area contributed by atoms with Crippen LogP contribution in [0.4, 0.5) is 10.2 Å². The lowest BCUT2D eigenvalue weighted by Gasteiger charge is -2.34. The number of nitrogens with one attached hydrogen (secondary N) is 2. The summed E-state index contributed by atoms with van der Waals surface area (Å²) < 4.78 is 23.7. The average Bonchev–Trinajstić information content (AvgIpc) is 3.50. The molecular formula is C31H37FN8O. The maximum atomic E-state index is 15.7. The van der Waals surface area contributed by atoms with E-state index >= 15 is 4.39 Å². The number of aromatic nitrogens is 3. The van der Waals surface area contributed by atoms with Crippen LogP contribution in [-0.2, 0) is 4.74 Å². The molecule has 214 valence electrons. The Bertz CT molecular complexity index is 1620. The number of benzene rings is 1. The highest BCUT2D eigenvalue weighted by Gasteiger charge is 2.33. The minimum Gasteiger partial charge on any atom is -0.381 e. The molecule has 4 aromatic rings. The number of hydrogen-bond donors (Lipinski definition) is 2. The molecule has 1 aromatic carbocycles. The number of anilines is 1. The molecule has 1 atom stereocenters. The third-order valence-corrected chi connectivity index (χ3v) is 8.89. The predicted octanol–water partition coefficient (Wildman–Crippen LogP) is 4.13. The quantitative estimate of drug-likeness (QED) is 0.380. The van der Waals surface area contributed by atoms with Gasteiger partial charge in [-0.25, -0.2) is 9.37 Å². The summed E-state index contributed by atoms with van der Waals surface area (Å²) in [6, 6.07) is 13.4. The second-order valence-electron chi connectivity index (χ2n) is 11.5. The molecule has 10 heteroatoms. The fourth-order valence-corrected chi connectivity index (χ4v) is 6.68. The first kappa shape index (κ1) is 26.2. The molecule has 0 unspecified atom stereocenters. The van der Waals surface area contributed by atoms with Crippen LogP contribution in [0.1, 0.15) is 36.9 Å². The molecule has 7 rings (SSSR count). The molecule has 2 saturated heterocycles. The van der Waals surface area contributed by atoms with Crippen LogP contribution < -0.4 is 15.9 Å². The molecule has 2 N–H and O–H groups in total. The number of allylic oxidation sites excluding steroid dienone is 1. The summed E-state index contributed by atoms with van der Waals surface area (Å²) in [6.07, 6.45) is 3.63. The van der Waals surface area contributed by atoms with Gasteiger partial charge in [-0.2, -0.15) is 0 Å². The van der Waals surface area contributed by atoms with Gasteiger partial charge >= 0.3 is 0 Å². The fourth-order valence-electron chi connectivity index (χ4n) is 6.68. The zero-order chi connectivity index (χ0) is 28.1. The van der Waals surface area contributed by atoms with E-state index in [0.717, 1.165) is 83.9 Å². The van der Waals surface area contributed by atoms with E-state index in [1.165, 1.54) is 0 Å². The highest BCUT2D eigenvalue weighted by molar-refractivity contribution is 6.05. The monoisotopic (exact) mass is 556 g/mol. The summed E-state index contributed by atoms with van der Waals surface area (Å²) >= 11 is 0. The highest BCUT2D eigenvalue weighted by atomic mass is 19.1. The Balaban J connectivity index is 1.49. The summed E-state index contributed by atoms with van der Waals surface area (Å²) in [5.41, 5.74) is 12.8. The second kappa shape index (κ2) is 10.6. The zero-order valence-corrected chi connectivity index (χ0v) is 23.9. The number of hydrogen-bond acceptors (Lipinski definition) is 8. The summed E-state index contributed by atoms with van der Waals surface area (Å²) in [5.74, 6) is 0.952. The number of ether oxygens (including phenoxy) is 1. The number of likely N-dealkylation sites (N-methyl/N-ethyl adjacent to an activating group) is 1. The van der Waals surface area contributed by atoms with E-state index in [1.807, 2.05) is 37.3 Å². The van der Waals surface area contributed by atoms with E-state index < -0.39 is 0 Å². The SMILES string of the molecule is CC1=C(c2cnc3c4ccc(N5CCN(C)CC5)nc4n([C@H](c4ccccc4F)C4CCOCC4)c3c2)N(C)NN1. The molecule has 2 fully saturated rings. The van der Waals surface area contributed by atoms with Crippen molar-refractivity contribution < 1.29 is 9.13 Å². The Labute approximate surface area is 239 Å². The van der Waals surface area contributed by atoms with E-state index in [0.29, 0.717) is 18.8 Å². The van der Waals surface area contributed by atoms with Gasteiger partial charge in [0.15, 0.2) is 0 Å². The molecule has 0 bridgehead atoms. The summed E-state index contributed by atoms with van der Waals surface area (Å²) in [4.78, 5) is 15.0. The molecule has 6 heterocycles. The molecule has 0 amide bonds. The van der Waals surface area contributed by atoms with Gasteiger partial charge in [-0.15, -0.1) is 5.53 Å². The largest absolute Gasteiger partial charge is 0.381 e. The van der Waals surface area contributed by atoms with Crippen LogP contribution in [0.3, 0.4) is 0 Å². The lowest BCUT2D eigenvalue weighted by molar-refractivity contribution is 0.0548. The normalized spacial score (nSPS) is 19.9. The van der Waals surface area contributed by atoms with Crippen molar-refractivity contribution in [3.8, 4) is 0 Å². The number of nitrogens with zero attached hydrogens (tertiary/aromatic N) is 6. The van der Waals surface area contributed by atoms with Gasteiger partial charge in [-0.05, 0) is 57.0 Å². The first-order valence-electron chi connectivity index (χ1n) is 14.5. The van der Waals surface area contributed by atoms with Gasteiger partial charge < -0.3 is 24.5 Å². The minimum absolute atomic E-state index is 0.190. The van der Waals surface area contributed by atoms with Crippen LogP contribution in [0.2, 0.25) is 0 Å². The van der Waals surface area contributed by atoms with Crippen molar-refractivity contribution in [2.24, 2.45) is 5.92 Å². The van der Waals surface area contributed by atoms with E-state index in [9.17, 15) is 0 Å². The Morgan fingerprint density at radius 2 is 1.80 bits per heavy atom. The molecule has 9 nitrogen and oxygen atoms in total. The molecule has 0 aliphatic carbocycles. The first-order chi connectivity index (χ1) is 20.0. The summed E-state index contributed by atoms with van der Waals surface area (Å²) in [6.45, 7) is 7.23. The van der Waals surface area contributed by atoms with Gasteiger partial charge in [-0.3, -0.25) is 9.99 Å². The molecule has 3 aromatic heterocycles. The number of fused-ring (bicyclic) bond motifs is 3. The molecular weight excluding hydrogens is 519 g/mol. The Morgan fingerprint density at radius 1 is 1.02 bits per heavy atom. The molecule has 41 heavy (non-hydrogen) atoms. The number of hydrazine groups is 2. The van der Waals surface area contributed by atoms with Crippen molar-refractivity contribution in [1.29, 1.82) is 0 Å². The van der Waals surface area contributed by atoms with Gasteiger partial charge in [0.1, 0.15) is 17.3 Å². The summed E-state index contributed by atoms with van der Waals surface area (Å²) in [5, 5.41) is 2.95. The molecule has 3 aliphatic rings. The van der Waals surface area contributed by atoms with Gasteiger partial charge in [-0.1, -0.05) is 18.2 Å². The van der Waals surface area contributed by atoms with Crippen LogP contribution in [0.5, 0.6) is 0 Å². The van der Waals surface area contributed by atoms with E-state index in [1.54, 1.807) is 12.1 Å². The third kappa shape index (κ3) is 4.60. The standard InChI is InChI=1S/C31H37FN8O/c1-20-29(38(3)36-35-20)22-18-26-28(33-19-22)24-8-9-27(39-14-12-37(2)13-15-39)34-31(24)40(26)30(21-10-16-41-17-11-21)23-6-4-5-7-25(23)32/h4-9,18-19,21,30,35-36H,10-17H2,1-3H3/t30-/m0/s1. The zero-order valence-electron chi connectivity index (χ0n) is 23.9. The molecule has 0 spiro atoms. The predicted molar refractivity (Wildman–Crippen MR) is 159 cm³/mol. The van der Waals surface area contributed by atoms with Crippen LogP contribution >= 0.6 is 0 Å². The van der Waals surface area contributed by atoms with Crippen LogP contribution in [-0.4, -0.2) is 77.9 Å².